The number of rotatable bonds is 3. The van der Waals surface area contributed by atoms with Crippen LogP contribution in [0.5, 0.6) is 5.75 Å². The summed E-state index contributed by atoms with van der Waals surface area (Å²) in [4.78, 5) is 34.5. The summed E-state index contributed by atoms with van der Waals surface area (Å²) in [5, 5.41) is 0.721. The Hall–Kier alpha value is -3.09. The number of ketones is 2. The minimum absolute atomic E-state index is 0.127. The summed E-state index contributed by atoms with van der Waals surface area (Å²) in [6, 6.07) is 5.26. The highest BCUT2D eigenvalue weighted by molar-refractivity contribution is 6.27. The van der Waals surface area contributed by atoms with Crippen LogP contribution in [-0.4, -0.2) is 59.6 Å². The molecule has 126 valence electrons. The monoisotopic (exact) mass is 336 g/mol. The van der Waals surface area contributed by atoms with E-state index in [1.165, 1.54) is 7.11 Å². The van der Waals surface area contributed by atoms with Crippen LogP contribution in [0.2, 0.25) is 0 Å². The number of methoxy groups -OCH3 is 1. The van der Waals surface area contributed by atoms with Gasteiger partial charge in [0.15, 0.2) is 0 Å². The van der Waals surface area contributed by atoms with Gasteiger partial charge in [0, 0.05) is 31.6 Å². The number of benzene rings is 1. The van der Waals surface area contributed by atoms with Gasteiger partial charge in [-0.2, -0.15) is 0 Å². The van der Waals surface area contributed by atoms with E-state index in [0.717, 1.165) is 31.6 Å². The van der Waals surface area contributed by atoms with E-state index in [0.29, 0.717) is 33.9 Å². The number of ether oxygens (including phenoxy) is 1. The summed E-state index contributed by atoms with van der Waals surface area (Å²) >= 11 is 0. The van der Waals surface area contributed by atoms with E-state index in [2.05, 4.69) is 4.98 Å². The molecular weight excluding hydrogens is 320 g/mol. The molecule has 0 atom stereocenters. The van der Waals surface area contributed by atoms with E-state index < -0.39 is 0 Å². The highest BCUT2D eigenvalue weighted by atomic mass is 16.5. The van der Waals surface area contributed by atoms with Crippen molar-refractivity contribution >= 4 is 28.2 Å². The standard InChI is InChI=1S/C18H16N4O3/c1-25-11-3-2-9-8-10-14(20-13(9)12(11)19)18(24)16(22-6-7-22)15(17(10)23)21-4-5-21/h2-3,8H,4-7,19H2,1H3. The third-order valence-electron chi connectivity index (χ3n) is 4.85. The van der Waals surface area contributed by atoms with Gasteiger partial charge in [-0.1, -0.05) is 0 Å². The van der Waals surface area contributed by atoms with Crippen LogP contribution in [-0.2, 0) is 0 Å². The van der Waals surface area contributed by atoms with Crippen molar-refractivity contribution < 1.29 is 14.3 Å². The Bertz CT molecular complexity index is 1000. The second kappa shape index (κ2) is 4.72. The zero-order valence-electron chi connectivity index (χ0n) is 13.7. The van der Waals surface area contributed by atoms with Gasteiger partial charge >= 0.3 is 0 Å². The van der Waals surface area contributed by atoms with Gasteiger partial charge in [-0.15, -0.1) is 0 Å². The van der Waals surface area contributed by atoms with Crippen molar-refractivity contribution in [3.63, 3.8) is 0 Å². The average molecular weight is 336 g/mol. The molecule has 1 aliphatic carbocycles. The molecule has 2 fully saturated rings. The number of hydrogen-bond acceptors (Lipinski definition) is 7. The van der Waals surface area contributed by atoms with E-state index in [9.17, 15) is 9.59 Å². The van der Waals surface area contributed by atoms with Gasteiger partial charge in [0.1, 0.15) is 28.5 Å². The van der Waals surface area contributed by atoms with Crippen molar-refractivity contribution in [3.05, 3.63) is 40.9 Å². The molecule has 3 aliphatic rings. The minimum Gasteiger partial charge on any atom is -0.495 e. The number of pyridine rings is 1. The van der Waals surface area contributed by atoms with Gasteiger partial charge in [0.05, 0.1) is 18.2 Å². The number of anilines is 1. The van der Waals surface area contributed by atoms with E-state index in [1.807, 2.05) is 9.80 Å². The first-order valence-corrected chi connectivity index (χ1v) is 8.21. The Morgan fingerprint density at radius 3 is 2.28 bits per heavy atom. The lowest BCUT2D eigenvalue weighted by Gasteiger charge is -2.22. The molecule has 5 rings (SSSR count). The zero-order valence-corrected chi connectivity index (χ0v) is 13.7. The number of aromatic nitrogens is 1. The van der Waals surface area contributed by atoms with Crippen LogP contribution in [0.25, 0.3) is 10.9 Å². The number of carbonyl (C=O) groups is 2. The number of nitrogens with two attached hydrogens (primary N) is 1. The predicted octanol–water partition coefficient (Wildman–Crippen LogP) is 1.05. The van der Waals surface area contributed by atoms with Crippen molar-refractivity contribution in [1.82, 2.24) is 14.8 Å². The van der Waals surface area contributed by atoms with Crippen LogP contribution in [0.15, 0.2) is 29.6 Å². The summed E-state index contributed by atoms with van der Waals surface area (Å²) in [5.41, 5.74) is 8.53. The number of carbonyl (C=O) groups excluding carboxylic acids is 2. The van der Waals surface area contributed by atoms with Crippen LogP contribution >= 0.6 is 0 Å². The molecule has 7 nitrogen and oxygen atoms in total. The fourth-order valence-corrected chi connectivity index (χ4v) is 3.36. The molecule has 3 heterocycles. The van der Waals surface area contributed by atoms with Crippen molar-refractivity contribution in [2.75, 3.05) is 39.0 Å². The number of Topliss-reactive ketones (excluding diaryl/α,β-unsaturated/α-hetero) is 2. The van der Waals surface area contributed by atoms with Crippen molar-refractivity contribution in [1.29, 1.82) is 0 Å². The Balaban J connectivity index is 1.76. The Morgan fingerprint density at radius 1 is 1.04 bits per heavy atom. The number of hydrogen-bond donors (Lipinski definition) is 1. The highest BCUT2D eigenvalue weighted by Crippen LogP contribution is 2.37. The molecule has 1 aromatic carbocycles. The van der Waals surface area contributed by atoms with Crippen LogP contribution in [0.3, 0.4) is 0 Å². The van der Waals surface area contributed by atoms with E-state index in [1.54, 1.807) is 18.2 Å². The SMILES string of the molecule is COc1ccc2cc3c(nc2c1N)C(=O)C(N1CC1)=C(N1CC1)C3=O. The first-order chi connectivity index (χ1) is 12.1. The fraction of sp³-hybridized carbons (Fsp3) is 0.278. The Kier molecular flexibility index (Phi) is 2.69. The molecule has 25 heavy (non-hydrogen) atoms. The fourth-order valence-electron chi connectivity index (χ4n) is 3.36. The zero-order chi connectivity index (χ0) is 17.3. The van der Waals surface area contributed by atoms with Crippen molar-refractivity contribution in [2.24, 2.45) is 0 Å². The topological polar surface area (TPSA) is 88.3 Å². The van der Waals surface area contributed by atoms with Gasteiger partial charge in [0.25, 0.3) is 0 Å². The molecular formula is C18H16N4O3. The highest BCUT2D eigenvalue weighted by Gasteiger charge is 2.43. The summed E-state index contributed by atoms with van der Waals surface area (Å²) in [5.74, 6) is 0.178. The molecule has 2 N–H and O–H groups in total. The third-order valence-corrected chi connectivity index (χ3v) is 4.85. The maximum atomic E-state index is 13.1. The van der Waals surface area contributed by atoms with Gasteiger partial charge in [-0.05, 0) is 18.2 Å². The lowest BCUT2D eigenvalue weighted by atomic mass is 9.92. The van der Waals surface area contributed by atoms with Gasteiger partial charge in [-0.25, -0.2) is 4.98 Å². The molecule has 2 aromatic rings. The van der Waals surface area contributed by atoms with Crippen LogP contribution in [0, 0.1) is 0 Å². The van der Waals surface area contributed by atoms with Crippen molar-refractivity contribution in [2.45, 2.75) is 0 Å². The summed E-state index contributed by atoms with van der Waals surface area (Å²) in [7, 11) is 1.53. The predicted molar refractivity (Wildman–Crippen MR) is 91.5 cm³/mol. The molecule has 7 heteroatoms. The van der Waals surface area contributed by atoms with Crippen LogP contribution in [0.1, 0.15) is 20.8 Å². The molecule has 2 aliphatic heterocycles. The summed E-state index contributed by atoms with van der Waals surface area (Å²) in [6.07, 6.45) is 0. The van der Waals surface area contributed by atoms with E-state index in [-0.39, 0.29) is 17.3 Å². The molecule has 0 radical (unpaired) electrons. The van der Waals surface area contributed by atoms with E-state index in [4.69, 9.17) is 10.5 Å². The van der Waals surface area contributed by atoms with Gasteiger partial charge in [-0.3, -0.25) is 9.59 Å². The minimum atomic E-state index is -0.196. The van der Waals surface area contributed by atoms with Crippen molar-refractivity contribution in [3.8, 4) is 5.75 Å². The first-order valence-electron chi connectivity index (χ1n) is 8.21. The van der Waals surface area contributed by atoms with E-state index >= 15 is 0 Å². The Morgan fingerprint density at radius 2 is 1.68 bits per heavy atom. The normalized spacial score (nSPS) is 18.8. The van der Waals surface area contributed by atoms with Crippen LogP contribution < -0.4 is 10.5 Å². The summed E-state index contributed by atoms with van der Waals surface area (Å²) < 4.78 is 5.23. The lowest BCUT2D eigenvalue weighted by Crippen LogP contribution is -2.30. The average Bonchev–Trinajstić information content (AvgIpc) is 3.50. The third kappa shape index (κ3) is 1.95. The lowest BCUT2D eigenvalue weighted by molar-refractivity contribution is 0.0942. The summed E-state index contributed by atoms with van der Waals surface area (Å²) in [6.45, 7) is 3.22. The van der Waals surface area contributed by atoms with Gasteiger partial charge in [0.2, 0.25) is 11.6 Å². The van der Waals surface area contributed by atoms with Crippen LogP contribution in [0.4, 0.5) is 5.69 Å². The maximum Gasteiger partial charge on any atom is 0.230 e. The smallest absolute Gasteiger partial charge is 0.230 e. The molecule has 0 spiro atoms. The molecule has 1 aromatic heterocycles. The molecule has 2 saturated heterocycles. The number of nitrogens with zero attached hydrogens (tertiary/aromatic N) is 3. The molecule has 0 bridgehead atoms. The van der Waals surface area contributed by atoms with Gasteiger partial charge < -0.3 is 20.3 Å². The first kappa shape index (κ1) is 14.3. The second-order valence-corrected chi connectivity index (χ2v) is 6.47. The molecule has 0 unspecified atom stereocenters. The largest absolute Gasteiger partial charge is 0.495 e. The quantitative estimate of drug-likeness (QED) is 0.662. The molecule has 0 amide bonds. The number of nitrogen functional groups attached to an aromatic ring is 1. The number of allylic oxidation sites excluding steroid dienone is 2. The maximum absolute atomic E-state index is 13.1. The Labute approximate surface area is 143 Å². The number of fused-ring (bicyclic) bond motifs is 2. The second-order valence-electron chi connectivity index (χ2n) is 6.47. The molecule has 0 saturated carbocycles.